The molecule has 0 aliphatic carbocycles. The maximum Gasteiger partial charge on any atom is 0.341 e. The van der Waals surface area contributed by atoms with Crippen molar-refractivity contribution in [3.05, 3.63) is 54.4 Å². The molecule has 0 N–H and O–H groups in total. The summed E-state index contributed by atoms with van der Waals surface area (Å²) in [6.07, 6.45) is 5.09. The molecular formula is C17H19NO4. The lowest BCUT2D eigenvalue weighted by atomic mass is 10.2. The van der Waals surface area contributed by atoms with E-state index >= 15 is 0 Å². The highest BCUT2D eigenvalue weighted by Gasteiger charge is 2.11. The molecule has 5 heteroatoms. The fraction of sp³-hybridized carbons (Fsp3) is 0.294. The third-order valence-corrected chi connectivity index (χ3v) is 3.01. The summed E-state index contributed by atoms with van der Waals surface area (Å²) in [6.45, 7) is 1.14. The number of aromatic nitrogens is 1. The van der Waals surface area contributed by atoms with Gasteiger partial charge in [-0.05, 0) is 37.1 Å². The monoisotopic (exact) mass is 301 g/mol. The third kappa shape index (κ3) is 4.77. The Morgan fingerprint density at radius 2 is 1.68 bits per heavy atom. The average Bonchev–Trinajstić information content (AvgIpc) is 2.58. The number of rotatable bonds is 8. The number of pyridine rings is 1. The first-order valence-corrected chi connectivity index (χ1v) is 7.14. The summed E-state index contributed by atoms with van der Waals surface area (Å²) in [6, 6.07) is 10.7. The summed E-state index contributed by atoms with van der Waals surface area (Å²) < 4.78 is 15.9. The number of carbonyl (C=O) groups is 1. The number of methoxy groups -OCH3 is 1. The Balaban J connectivity index is 1.70. The van der Waals surface area contributed by atoms with Gasteiger partial charge in [-0.3, -0.25) is 4.98 Å². The molecule has 0 amide bonds. The van der Waals surface area contributed by atoms with Gasteiger partial charge in [0, 0.05) is 12.4 Å². The molecule has 0 fully saturated rings. The minimum atomic E-state index is -0.392. The van der Waals surface area contributed by atoms with Crippen LogP contribution in [-0.2, 0) is 4.74 Å². The molecule has 5 nitrogen and oxygen atoms in total. The molecule has 0 saturated heterocycles. The van der Waals surface area contributed by atoms with Crippen molar-refractivity contribution in [2.24, 2.45) is 0 Å². The smallest absolute Gasteiger partial charge is 0.341 e. The largest absolute Gasteiger partial charge is 0.493 e. The molecule has 2 rings (SSSR count). The van der Waals surface area contributed by atoms with Crippen molar-refractivity contribution < 1.29 is 19.0 Å². The van der Waals surface area contributed by atoms with Gasteiger partial charge >= 0.3 is 5.97 Å². The second-order valence-electron chi connectivity index (χ2n) is 4.57. The summed E-state index contributed by atoms with van der Waals surface area (Å²) in [7, 11) is 1.36. The molecule has 1 heterocycles. The van der Waals surface area contributed by atoms with E-state index in [9.17, 15) is 4.79 Å². The standard InChI is InChI=1S/C17H19NO4/c1-20-17(19)15-6-2-3-7-16(15)22-13-5-4-12-21-14-8-10-18-11-9-14/h2-3,6-11H,4-5,12-13H2,1H3. The van der Waals surface area contributed by atoms with Crippen molar-refractivity contribution in [2.45, 2.75) is 12.8 Å². The number of hydrogen-bond acceptors (Lipinski definition) is 5. The first-order chi connectivity index (χ1) is 10.8. The van der Waals surface area contributed by atoms with Gasteiger partial charge in [0.2, 0.25) is 0 Å². The SMILES string of the molecule is COC(=O)c1ccccc1OCCCCOc1ccncc1. The van der Waals surface area contributed by atoms with Crippen molar-refractivity contribution in [2.75, 3.05) is 20.3 Å². The van der Waals surface area contributed by atoms with Crippen LogP contribution in [0.3, 0.4) is 0 Å². The number of carbonyl (C=O) groups excluding carboxylic acids is 1. The number of unbranched alkanes of at least 4 members (excludes halogenated alkanes) is 1. The highest BCUT2D eigenvalue weighted by atomic mass is 16.5. The topological polar surface area (TPSA) is 57.7 Å². The summed E-state index contributed by atoms with van der Waals surface area (Å²) >= 11 is 0. The van der Waals surface area contributed by atoms with Crippen LogP contribution in [0.4, 0.5) is 0 Å². The van der Waals surface area contributed by atoms with Crippen molar-refractivity contribution in [3.8, 4) is 11.5 Å². The van der Waals surface area contributed by atoms with Crippen LogP contribution in [0.1, 0.15) is 23.2 Å². The molecule has 1 aromatic carbocycles. The second-order valence-corrected chi connectivity index (χ2v) is 4.57. The van der Waals surface area contributed by atoms with E-state index in [2.05, 4.69) is 4.98 Å². The molecule has 1 aromatic heterocycles. The van der Waals surface area contributed by atoms with Crippen LogP contribution in [-0.4, -0.2) is 31.3 Å². The van der Waals surface area contributed by atoms with E-state index in [1.165, 1.54) is 7.11 Å². The molecule has 116 valence electrons. The van der Waals surface area contributed by atoms with E-state index in [0.29, 0.717) is 24.5 Å². The van der Waals surface area contributed by atoms with Gasteiger partial charge < -0.3 is 14.2 Å². The van der Waals surface area contributed by atoms with Gasteiger partial charge in [-0.2, -0.15) is 0 Å². The van der Waals surface area contributed by atoms with Crippen LogP contribution in [0.15, 0.2) is 48.8 Å². The average molecular weight is 301 g/mol. The summed E-state index contributed by atoms with van der Waals surface area (Å²) in [5, 5.41) is 0. The van der Waals surface area contributed by atoms with Gasteiger partial charge in [0.15, 0.2) is 0 Å². The number of esters is 1. The number of ether oxygens (including phenoxy) is 3. The Morgan fingerprint density at radius 3 is 2.41 bits per heavy atom. The zero-order chi connectivity index (χ0) is 15.6. The highest BCUT2D eigenvalue weighted by molar-refractivity contribution is 5.92. The van der Waals surface area contributed by atoms with E-state index in [1.54, 1.807) is 30.6 Å². The Kier molecular flexibility index (Phi) is 6.23. The van der Waals surface area contributed by atoms with Crippen molar-refractivity contribution in [1.82, 2.24) is 4.98 Å². The molecule has 0 spiro atoms. The number of benzene rings is 1. The van der Waals surface area contributed by atoms with E-state index < -0.39 is 5.97 Å². The predicted molar refractivity (Wildman–Crippen MR) is 82.2 cm³/mol. The molecule has 0 unspecified atom stereocenters. The Bertz CT molecular complexity index is 586. The van der Waals surface area contributed by atoms with Crippen molar-refractivity contribution in [3.63, 3.8) is 0 Å². The number of para-hydroxylation sites is 1. The van der Waals surface area contributed by atoms with Crippen LogP contribution in [0.25, 0.3) is 0 Å². The highest BCUT2D eigenvalue weighted by Crippen LogP contribution is 2.19. The minimum absolute atomic E-state index is 0.392. The normalized spacial score (nSPS) is 10.0. The van der Waals surface area contributed by atoms with Crippen LogP contribution in [0.2, 0.25) is 0 Å². The third-order valence-electron chi connectivity index (χ3n) is 3.01. The lowest BCUT2D eigenvalue weighted by Crippen LogP contribution is -2.07. The summed E-state index contributed by atoms with van der Waals surface area (Å²) in [5.41, 5.74) is 0.443. The first-order valence-electron chi connectivity index (χ1n) is 7.14. The van der Waals surface area contributed by atoms with Gasteiger partial charge in [0.25, 0.3) is 0 Å². The van der Waals surface area contributed by atoms with E-state index in [0.717, 1.165) is 18.6 Å². The molecule has 0 atom stereocenters. The molecule has 0 bridgehead atoms. The van der Waals surface area contributed by atoms with Crippen LogP contribution in [0, 0.1) is 0 Å². The van der Waals surface area contributed by atoms with E-state index in [4.69, 9.17) is 14.2 Å². The Labute approximate surface area is 129 Å². The maximum absolute atomic E-state index is 11.6. The maximum atomic E-state index is 11.6. The Morgan fingerprint density at radius 1 is 1.00 bits per heavy atom. The van der Waals surface area contributed by atoms with Gasteiger partial charge in [0.1, 0.15) is 17.1 Å². The zero-order valence-electron chi connectivity index (χ0n) is 12.5. The second kappa shape index (κ2) is 8.67. The van der Waals surface area contributed by atoms with Gasteiger partial charge in [-0.15, -0.1) is 0 Å². The zero-order valence-corrected chi connectivity index (χ0v) is 12.5. The molecular weight excluding hydrogens is 282 g/mol. The summed E-state index contributed by atoms with van der Waals surface area (Å²) in [4.78, 5) is 15.5. The lowest BCUT2D eigenvalue weighted by Gasteiger charge is -2.10. The Hall–Kier alpha value is -2.56. The fourth-order valence-electron chi connectivity index (χ4n) is 1.88. The molecule has 0 saturated carbocycles. The molecule has 0 aliphatic heterocycles. The summed E-state index contributed by atoms with van der Waals surface area (Å²) in [5.74, 6) is 0.966. The van der Waals surface area contributed by atoms with Crippen LogP contribution < -0.4 is 9.47 Å². The first kappa shape index (κ1) is 15.8. The minimum Gasteiger partial charge on any atom is -0.493 e. The van der Waals surface area contributed by atoms with Crippen molar-refractivity contribution >= 4 is 5.97 Å². The fourth-order valence-corrected chi connectivity index (χ4v) is 1.88. The number of hydrogen-bond donors (Lipinski definition) is 0. The van der Waals surface area contributed by atoms with E-state index in [-0.39, 0.29) is 0 Å². The molecule has 2 aromatic rings. The predicted octanol–water partition coefficient (Wildman–Crippen LogP) is 3.11. The quantitative estimate of drug-likeness (QED) is 0.554. The molecule has 0 radical (unpaired) electrons. The van der Waals surface area contributed by atoms with Gasteiger partial charge in [-0.25, -0.2) is 4.79 Å². The van der Waals surface area contributed by atoms with Crippen LogP contribution >= 0.6 is 0 Å². The van der Waals surface area contributed by atoms with Gasteiger partial charge in [0.05, 0.1) is 20.3 Å². The number of nitrogens with zero attached hydrogens (tertiary/aromatic N) is 1. The van der Waals surface area contributed by atoms with Crippen molar-refractivity contribution in [1.29, 1.82) is 0 Å². The molecule has 0 aliphatic rings. The molecule has 22 heavy (non-hydrogen) atoms. The van der Waals surface area contributed by atoms with Gasteiger partial charge in [-0.1, -0.05) is 12.1 Å². The van der Waals surface area contributed by atoms with Crippen LogP contribution in [0.5, 0.6) is 11.5 Å². The van der Waals surface area contributed by atoms with E-state index in [1.807, 2.05) is 18.2 Å². The lowest BCUT2D eigenvalue weighted by molar-refractivity contribution is 0.0596.